The second-order valence-corrected chi connectivity index (χ2v) is 4.17. The molecule has 2 aromatic carbocycles. The molecule has 0 atom stereocenters. The maximum atomic E-state index is 13.6. The van der Waals surface area contributed by atoms with Gasteiger partial charge in [-0.25, -0.2) is 13.6 Å². The molecule has 0 amide bonds. The lowest BCUT2D eigenvalue weighted by Crippen LogP contribution is -2.07. The molecule has 0 bridgehead atoms. The molecule has 4 nitrogen and oxygen atoms in total. The maximum absolute atomic E-state index is 13.6. The van der Waals surface area contributed by atoms with E-state index in [0.717, 1.165) is 11.6 Å². The summed E-state index contributed by atoms with van der Waals surface area (Å²) in [5, 5.41) is 11.5. The van der Waals surface area contributed by atoms with Gasteiger partial charge in [-0.2, -0.15) is 0 Å². The standard InChI is InChI=1S/C14H12F2N2O2/c15-10-6-11(16)13(5-9(10)14(19)20)18-7-8-3-1-2-4-12(8)17/h1-6,18H,7,17H2,(H,19,20). The van der Waals surface area contributed by atoms with Gasteiger partial charge in [0.2, 0.25) is 0 Å². The largest absolute Gasteiger partial charge is 0.478 e. The highest BCUT2D eigenvalue weighted by atomic mass is 19.1. The average molecular weight is 278 g/mol. The molecular formula is C14H12F2N2O2. The van der Waals surface area contributed by atoms with E-state index in [-0.39, 0.29) is 12.2 Å². The van der Waals surface area contributed by atoms with E-state index in [2.05, 4.69) is 5.32 Å². The van der Waals surface area contributed by atoms with Crippen molar-refractivity contribution < 1.29 is 18.7 Å². The van der Waals surface area contributed by atoms with Crippen molar-refractivity contribution in [2.45, 2.75) is 6.54 Å². The third kappa shape index (κ3) is 2.85. The third-order valence-electron chi connectivity index (χ3n) is 2.81. The smallest absolute Gasteiger partial charge is 0.338 e. The molecule has 4 N–H and O–H groups in total. The van der Waals surface area contributed by atoms with Gasteiger partial charge in [0.15, 0.2) is 0 Å². The van der Waals surface area contributed by atoms with Crippen LogP contribution in [0.4, 0.5) is 20.2 Å². The average Bonchev–Trinajstić information content (AvgIpc) is 2.39. The molecule has 104 valence electrons. The third-order valence-corrected chi connectivity index (χ3v) is 2.81. The summed E-state index contributed by atoms with van der Waals surface area (Å²) in [6.07, 6.45) is 0. The van der Waals surface area contributed by atoms with Gasteiger partial charge in [-0.3, -0.25) is 0 Å². The Morgan fingerprint density at radius 3 is 2.55 bits per heavy atom. The van der Waals surface area contributed by atoms with E-state index in [9.17, 15) is 13.6 Å². The minimum absolute atomic E-state index is 0.0907. The number of nitrogen functional groups attached to an aromatic ring is 1. The summed E-state index contributed by atoms with van der Waals surface area (Å²) in [5.41, 5.74) is 6.32. The van der Waals surface area contributed by atoms with Crippen LogP contribution in [0.5, 0.6) is 0 Å². The van der Waals surface area contributed by atoms with Crippen LogP contribution in [-0.2, 0) is 6.54 Å². The van der Waals surface area contributed by atoms with E-state index in [4.69, 9.17) is 10.8 Å². The molecule has 0 heterocycles. The maximum Gasteiger partial charge on any atom is 0.338 e. The van der Waals surface area contributed by atoms with Gasteiger partial charge in [0.25, 0.3) is 0 Å². The van der Waals surface area contributed by atoms with E-state index >= 15 is 0 Å². The van der Waals surface area contributed by atoms with Crippen LogP contribution in [0, 0.1) is 11.6 Å². The molecule has 6 heteroatoms. The zero-order valence-electron chi connectivity index (χ0n) is 10.4. The minimum atomic E-state index is -1.45. The quantitative estimate of drug-likeness (QED) is 0.752. The van der Waals surface area contributed by atoms with E-state index < -0.39 is 23.2 Å². The SMILES string of the molecule is Nc1ccccc1CNc1cc(C(=O)O)c(F)cc1F. The molecule has 2 aromatic rings. The molecule has 20 heavy (non-hydrogen) atoms. The van der Waals surface area contributed by atoms with Gasteiger partial charge in [0.1, 0.15) is 11.6 Å². The van der Waals surface area contributed by atoms with Gasteiger partial charge in [-0.15, -0.1) is 0 Å². The first-order valence-electron chi connectivity index (χ1n) is 5.78. The summed E-state index contributed by atoms with van der Waals surface area (Å²) in [7, 11) is 0. The Bertz CT molecular complexity index is 660. The lowest BCUT2D eigenvalue weighted by Gasteiger charge is -2.10. The number of para-hydroxylation sites is 1. The van der Waals surface area contributed by atoms with Crippen LogP contribution in [0.15, 0.2) is 36.4 Å². The summed E-state index contributed by atoms with van der Waals surface area (Å²) in [6, 6.07) is 8.45. The normalized spacial score (nSPS) is 10.3. The molecule has 0 unspecified atom stereocenters. The van der Waals surface area contributed by atoms with Crippen molar-refractivity contribution in [2.24, 2.45) is 0 Å². The molecule has 0 fully saturated rings. The van der Waals surface area contributed by atoms with Gasteiger partial charge in [0, 0.05) is 18.3 Å². The number of hydrogen-bond donors (Lipinski definition) is 3. The van der Waals surface area contributed by atoms with Crippen LogP contribution in [0.1, 0.15) is 15.9 Å². The minimum Gasteiger partial charge on any atom is -0.478 e. The van der Waals surface area contributed by atoms with Gasteiger partial charge in [-0.1, -0.05) is 18.2 Å². The molecule has 0 saturated heterocycles. The Morgan fingerprint density at radius 2 is 1.90 bits per heavy atom. The zero-order valence-corrected chi connectivity index (χ0v) is 10.4. The fraction of sp³-hybridized carbons (Fsp3) is 0.0714. The van der Waals surface area contributed by atoms with E-state index in [1.165, 1.54) is 0 Å². The lowest BCUT2D eigenvalue weighted by atomic mass is 10.1. The number of carboxylic acid groups (broad SMARTS) is 1. The van der Waals surface area contributed by atoms with Crippen LogP contribution < -0.4 is 11.1 Å². The highest BCUT2D eigenvalue weighted by molar-refractivity contribution is 5.89. The van der Waals surface area contributed by atoms with Crippen LogP contribution in [0.25, 0.3) is 0 Å². The fourth-order valence-corrected chi connectivity index (χ4v) is 1.73. The van der Waals surface area contributed by atoms with Gasteiger partial charge in [-0.05, 0) is 17.7 Å². The Kier molecular flexibility index (Phi) is 3.84. The second kappa shape index (κ2) is 5.56. The summed E-state index contributed by atoms with van der Waals surface area (Å²) >= 11 is 0. The van der Waals surface area contributed by atoms with Crippen molar-refractivity contribution in [2.75, 3.05) is 11.1 Å². The predicted octanol–water partition coefficient (Wildman–Crippen LogP) is 2.86. The summed E-state index contributed by atoms with van der Waals surface area (Å²) < 4.78 is 26.8. The molecular weight excluding hydrogens is 266 g/mol. The molecule has 0 aliphatic carbocycles. The molecule has 0 aliphatic heterocycles. The van der Waals surface area contributed by atoms with Crippen LogP contribution >= 0.6 is 0 Å². The number of nitrogens with two attached hydrogens (primary N) is 1. The Morgan fingerprint density at radius 1 is 1.20 bits per heavy atom. The van der Waals surface area contributed by atoms with E-state index in [1.54, 1.807) is 24.3 Å². The first-order valence-corrected chi connectivity index (χ1v) is 5.78. The Hall–Kier alpha value is -2.63. The van der Waals surface area contributed by atoms with Crippen molar-refractivity contribution in [1.82, 2.24) is 0 Å². The summed E-state index contributed by atoms with van der Waals surface area (Å²) in [6.45, 7) is 0.203. The molecule has 0 radical (unpaired) electrons. The first kappa shape index (κ1) is 13.8. The number of halogens is 2. The zero-order chi connectivity index (χ0) is 14.7. The van der Waals surface area contributed by atoms with Gasteiger partial charge in [0.05, 0.1) is 11.3 Å². The predicted molar refractivity (Wildman–Crippen MR) is 71.5 cm³/mol. The number of anilines is 2. The number of hydrogen-bond acceptors (Lipinski definition) is 3. The highest BCUT2D eigenvalue weighted by Crippen LogP contribution is 2.21. The topological polar surface area (TPSA) is 75.3 Å². The molecule has 0 spiro atoms. The van der Waals surface area contributed by atoms with Crippen molar-refractivity contribution in [1.29, 1.82) is 0 Å². The lowest BCUT2D eigenvalue weighted by molar-refractivity contribution is 0.0692. The second-order valence-electron chi connectivity index (χ2n) is 4.17. The van der Waals surface area contributed by atoms with Crippen molar-refractivity contribution in [3.63, 3.8) is 0 Å². The van der Waals surface area contributed by atoms with Crippen LogP contribution in [0.2, 0.25) is 0 Å². The fourth-order valence-electron chi connectivity index (χ4n) is 1.73. The van der Waals surface area contributed by atoms with E-state index in [1.807, 2.05) is 0 Å². The highest BCUT2D eigenvalue weighted by Gasteiger charge is 2.15. The number of carboxylic acids is 1. The Labute approximate surface area is 113 Å². The van der Waals surface area contributed by atoms with Gasteiger partial charge >= 0.3 is 5.97 Å². The van der Waals surface area contributed by atoms with Crippen LogP contribution in [-0.4, -0.2) is 11.1 Å². The number of benzene rings is 2. The van der Waals surface area contributed by atoms with Crippen molar-refractivity contribution in [3.8, 4) is 0 Å². The van der Waals surface area contributed by atoms with Crippen molar-refractivity contribution >= 4 is 17.3 Å². The number of aromatic carboxylic acids is 1. The Balaban J connectivity index is 2.24. The number of rotatable bonds is 4. The number of carbonyl (C=O) groups is 1. The summed E-state index contributed by atoms with van der Waals surface area (Å²) in [5.74, 6) is -3.42. The molecule has 2 rings (SSSR count). The molecule has 0 aliphatic rings. The number of nitrogens with one attached hydrogen (secondary N) is 1. The van der Waals surface area contributed by atoms with Gasteiger partial charge < -0.3 is 16.2 Å². The van der Waals surface area contributed by atoms with Crippen LogP contribution in [0.3, 0.4) is 0 Å². The first-order chi connectivity index (χ1) is 9.49. The van der Waals surface area contributed by atoms with Crippen molar-refractivity contribution in [3.05, 3.63) is 59.2 Å². The molecule has 0 aromatic heterocycles. The van der Waals surface area contributed by atoms with E-state index in [0.29, 0.717) is 11.8 Å². The monoisotopic (exact) mass is 278 g/mol. The summed E-state index contributed by atoms with van der Waals surface area (Å²) in [4.78, 5) is 10.8. The molecule has 0 saturated carbocycles.